The van der Waals surface area contributed by atoms with Crippen LogP contribution in [-0.2, 0) is 21.2 Å². The number of anilines is 1. The second-order valence-corrected chi connectivity index (χ2v) is 12.6. The average Bonchev–Trinajstić information content (AvgIpc) is 3.22. The van der Waals surface area contributed by atoms with Gasteiger partial charge in [-0.2, -0.15) is 17.5 Å². The molecule has 0 aliphatic carbocycles. The summed E-state index contributed by atoms with van der Waals surface area (Å²) >= 11 is 0. The molecule has 13 heteroatoms. The van der Waals surface area contributed by atoms with Crippen LogP contribution >= 0.6 is 0 Å². The fraction of sp³-hybridized carbons (Fsp3) is 0.414. The topological polar surface area (TPSA) is 125 Å². The number of amidine groups is 1. The van der Waals surface area contributed by atoms with Crippen molar-refractivity contribution < 1.29 is 31.2 Å². The molecule has 9 nitrogen and oxygen atoms in total. The normalized spacial score (nSPS) is 17.5. The highest BCUT2D eigenvalue weighted by Gasteiger charge is 2.47. The van der Waals surface area contributed by atoms with Crippen LogP contribution in [0.5, 0.6) is 0 Å². The smallest absolute Gasteiger partial charge is 0.351 e. The van der Waals surface area contributed by atoms with E-state index in [0.29, 0.717) is 29.1 Å². The molecule has 42 heavy (non-hydrogen) atoms. The maximum Gasteiger partial charge on any atom is 0.389 e. The number of amides is 3. The second kappa shape index (κ2) is 11.9. The minimum Gasteiger partial charge on any atom is -0.351 e. The molecule has 3 N–H and O–H groups in total. The summed E-state index contributed by atoms with van der Waals surface area (Å²) in [6.45, 7) is 3.85. The maximum atomic E-state index is 13.1. The van der Waals surface area contributed by atoms with Crippen molar-refractivity contribution in [3.8, 4) is 0 Å². The van der Waals surface area contributed by atoms with Gasteiger partial charge in [-0.25, -0.2) is 13.2 Å². The Kier molecular flexibility index (Phi) is 8.84. The molecular formula is C29H34F3N5O4S. The highest BCUT2D eigenvalue weighted by molar-refractivity contribution is 7.92. The maximum absolute atomic E-state index is 13.1. The van der Waals surface area contributed by atoms with Crippen molar-refractivity contribution >= 4 is 39.6 Å². The number of aryl methyl sites for hydroxylation is 3. The largest absolute Gasteiger partial charge is 0.389 e. The Hall–Kier alpha value is -3.71. The average molecular weight is 606 g/mol. The summed E-state index contributed by atoms with van der Waals surface area (Å²) in [6.07, 6.45) is -2.79. The highest BCUT2D eigenvalue weighted by Crippen LogP contribution is 2.33. The summed E-state index contributed by atoms with van der Waals surface area (Å²) in [4.78, 5) is 30.4. The van der Waals surface area contributed by atoms with Crippen LogP contribution in [0.3, 0.4) is 0 Å². The summed E-state index contributed by atoms with van der Waals surface area (Å²) in [5.74, 6) is 0.0704. The van der Waals surface area contributed by atoms with Gasteiger partial charge in [0.25, 0.3) is 5.91 Å². The van der Waals surface area contributed by atoms with Crippen molar-refractivity contribution in [2.45, 2.75) is 57.7 Å². The van der Waals surface area contributed by atoms with Crippen molar-refractivity contribution in [1.29, 1.82) is 0 Å². The van der Waals surface area contributed by atoms with Crippen LogP contribution in [0.15, 0.2) is 46.8 Å². The molecular weight excluding hydrogens is 571 g/mol. The number of urea groups is 1. The predicted octanol–water partition coefficient (Wildman–Crippen LogP) is 4.42. The summed E-state index contributed by atoms with van der Waals surface area (Å²) < 4.78 is 64.9. The lowest BCUT2D eigenvalue weighted by Gasteiger charge is -2.34. The van der Waals surface area contributed by atoms with E-state index in [-0.39, 0.29) is 38.3 Å². The molecule has 0 radical (unpaired) electrons. The number of alkyl halides is 3. The van der Waals surface area contributed by atoms with E-state index in [0.717, 1.165) is 22.1 Å². The Morgan fingerprint density at radius 3 is 2.29 bits per heavy atom. The molecule has 2 aromatic rings. The first-order valence-corrected chi connectivity index (χ1v) is 15.0. The number of carbonyl (C=O) groups is 2. The van der Waals surface area contributed by atoms with Crippen LogP contribution in [0.2, 0.25) is 0 Å². The zero-order chi connectivity index (χ0) is 30.9. The third-order valence-corrected chi connectivity index (χ3v) is 9.31. The van der Waals surface area contributed by atoms with Gasteiger partial charge in [0.15, 0.2) is 0 Å². The molecule has 0 aromatic heterocycles. The minimum atomic E-state index is -4.18. The van der Waals surface area contributed by atoms with Crippen LogP contribution in [0, 0.1) is 13.8 Å². The van der Waals surface area contributed by atoms with Gasteiger partial charge in [-0.3, -0.25) is 14.7 Å². The zero-order valence-corrected chi connectivity index (χ0v) is 24.5. The fourth-order valence-corrected chi connectivity index (χ4v) is 6.37. The van der Waals surface area contributed by atoms with Gasteiger partial charge in [-0.15, -0.1) is 0 Å². The number of benzene rings is 2. The Morgan fingerprint density at radius 1 is 1.14 bits per heavy atom. The third-order valence-electron chi connectivity index (χ3n) is 7.75. The first-order chi connectivity index (χ1) is 19.6. The number of aliphatic imine (C=N–C) groups is 1. The van der Waals surface area contributed by atoms with Gasteiger partial charge in [0, 0.05) is 43.2 Å². The van der Waals surface area contributed by atoms with Gasteiger partial charge in [0.2, 0.25) is 10.0 Å². The Labute approximate surface area is 243 Å². The fourth-order valence-electron chi connectivity index (χ4n) is 5.20. The molecule has 226 valence electrons. The standard InChI is InChI=1S/C29H34F3N5O4S/c1-19-17-23(36(3)27(33)39)18-20(2)24(19)10-16-42(40,41)37-14-12-28(13-15-37)26(38)34-25(35-28)22-8-6-21(7-9-22)5-4-11-29(30,31)32/h6-10,16-18H,4-5,11-15H2,1-3H3,(H2,33,39)(H,34,35,38). The van der Waals surface area contributed by atoms with E-state index in [9.17, 15) is 31.2 Å². The van der Waals surface area contributed by atoms with E-state index in [1.165, 1.54) is 15.3 Å². The quantitative estimate of drug-likeness (QED) is 0.462. The molecule has 0 unspecified atom stereocenters. The van der Waals surface area contributed by atoms with Crippen LogP contribution in [0.1, 0.15) is 53.5 Å². The van der Waals surface area contributed by atoms with Crippen molar-refractivity contribution in [2.75, 3.05) is 25.0 Å². The third kappa shape index (κ3) is 7.01. The number of nitrogens with two attached hydrogens (primary N) is 1. The van der Waals surface area contributed by atoms with Gasteiger partial charge in [-0.05, 0) is 80.0 Å². The summed E-state index contributed by atoms with van der Waals surface area (Å²) in [5, 5.41) is 3.94. The Balaban J connectivity index is 1.41. The molecule has 4 rings (SSSR count). The molecule has 1 fully saturated rings. The molecule has 2 aromatic carbocycles. The number of carbonyl (C=O) groups excluding carboxylic acids is 2. The first-order valence-electron chi connectivity index (χ1n) is 13.5. The number of piperidine rings is 1. The van der Waals surface area contributed by atoms with Gasteiger partial charge in [-0.1, -0.05) is 24.3 Å². The predicted molar refractivity (Wildman–Crippen MR) is 156 cm³/mol. The molecule has 1 spiro atoms. The molecule has 0 bridgehead atoms. The van der Waals surface area contributed by atoms with E-state index in [1.54, 1.807) is 43.4 Å². The van der Waals surface area contributed by atoms with E-state index < -0.39 is 34.2 Å². The molecule has 0 atom stereocenters. The molecule has 2 heterocycles. The van der Waals surface area contributed by atoms with Crippen molar-refractivity contribution in [3.63, 3.8) is 0 Å². The molecule has 2 aliphatic rings. The zero-order valence-electron chi connectivity index (χ0n) is 23.7. The first kappa shape index (κ1) is 31.2. The molecule has 3 amide bonds. The number of nitrogens with zero attached hydrogens (tertiary/aromatic N) is 3. The number of rotatable bonds is 8. The van der Waals surface area contributed by atoms with Crippen LogP contribution < -0.4 is 16.0 Å². The van der Waals surface area contributed by atoms with E-state index in [1.807, 2.05) is 13.8 Å². The SMILES string of the molecule is Cc1cc(N(C)C(N)=O)cc(C)c1C=CS(=O)(=O)N1CCC2(CC1)N=C(c1ccc(CCCC(F)(F)F)cc1)NC2=O. The number of hydrogen-bond acceptors (Lipinski definition) is 5. The lowest BCUT2D eigenvalue weighted by Crippen LogP contribution is -2.50. The van der Waals surface area contributed by atoms with Gasteiger partial charge < -0.3 is 11.1 Å². The summed E-state index contributed by atoms with van der Waals surface area (Å²) in [6, 6.07) is 9.78. The van der Waals surface area contributed by atoms with Crippen molar-refractivity contribution in [2.24, 2.45) is 10.7 Å². The lowest BCUT2D eigenvalue weighted by molar-refractivity contribution is -0.135. The molecule has 2 aliphatic heterocycles. The van der Waals surface area contributed by atoms with E-state index in [4.69, 9.17) is 5.73 Å². The minimum absolute atomic E-state index is 0.00170. The molecule has 0 saturated carbocycles. The number of sulfonamides is 1. The van der Waals surface area contributed by atoms with Gasteiger partial charge in [0.05, 0.1) is 0 Å². The number of halogens is 3. The Bertz CT molecular complexity index is 1500. The number of primary amides is 1. The van der Waals surface area contributed by atoms with Crippen molar-refractivity contribution in [1.82, 2.24) is 9.62 Å². The van der Waals surface area contributed by atoms with Crippen LogP contribution in [0.4, 0.5) is 23.7 Å². The number of nitrogens with one attached hydrogen (secondary N) is 1. The molecule has 1 saturated heterocycles. The highest BCUT2D eigenvalue weighted by atomic mass is 32.2. The second-order valence-electron chi connectivity index (χ2n) is 10.7. The van der Waals surface area contributed by atoms with E-state index in [2.05, 4.69) is 10.3 Å². The van der Waals surface area contributed by atoms with Gasteiger partial charge in [0.1, 0.15) is 11.4 Å². The Morgan fingerprint density at radius 2 is 1.74 bits per heavy atom. The van der Waals surface area contributed by atoms with Gasteiger partial charge >= 0.3 is 12.2 Å². The monoisotopic (exact) mass is 605 g/mol. The van der Waals surface area contributed by atoms with Crippen molar-refractivity contribution in [3.05, 3.63) is 69.6 Å². The van der Waals surface area contributed by atoms with Crippen LogP contribution in [0.25, 0.3) is 6.08 Å². The van der Waals surface area contributed by atoms with E-state index >= 15 is 0 Å². The summed E-state index contributed by atoms with van der Waals surface area (Å²) in [5.41, 5.74) is 8.54. The number of hydrogen-bond donors (Lipinski definition) is 2. The summed E-state index contributed by atoms with van der Waals surface area (Å²) in [7, 11) is -2.23. The van der Waals surface area contributed by atoms with Crippen LogP contribution in [-0.4, -0.2) is 62.3 Å². The lowest BCUT2D eigenvalue weighted by atomic mass is 9.89.